The summed E-state index contributed by atoms with van der Waals surface area (Å²) < 4.78 is 2.65. The van der Waals surface area contributed by atoms with Crippen LogP contribution < -0.4 is 5.73 Å². The Labute approximate surface area is 187 Å². The Morgan fingerprint density at radius 3 is 2.60 bits per heavy atom. The molecule has 0 aliphatic heterocycles. The van der Waals surface area contributed by atoms with Crippen LogP contribution in [0.15, 0.2) is 54.9 Å². The Bertz CT molecular complexity index is 1420. The summed E-state index contributed by atoms with van der Waals surface area (Å²) in [6, 6.07) is 16.9. The Balaban J connectivity index is 1.76. The third kappa shape index (κ3) is 3.09. The number of hydrogen-bond acceptors (Lipinski definition) is 5. The second kappa shape index (κ2) is 7.32. The van der Waals surface area contributed by atoms with Gasteiger partial charge in [-0.05, 0) is 65.3 Å². The minimum absolute atomic E-state index is 0.442. The van der Waals surface area contributed by atoms with Crippen molar-refractivity contribution >= 4 is 50.3 Å². The van der Waals surface area contributed by atoms with E-state index in [1.807, 2.05) is 10.7 Å². The number of rotatable bonds is 3. The molecule has 0 unspecified atom stereocenters. The number of anilines is 1. The van der Waals surface area contributed by atoms with Crippen LogP contribution in [0.2, 0.25) is 0 Å². The second-order valence-corrected chi connectivity index (χ2v) is 8.37. The van der Waals surface area contributed by atoms with E-state index in [9.17, 15) is 0 Å². The molecular formula is C23H19IN6. The summed E-state index contributed by atoms with van der Waals surface area (Å²) in [5.74, 6) is 0.442. The minimum Gasteiger partial charge on any atom is -0.383 e. The maximum Gasteiger partial charge on any atom is 0.164 e. The lowest BCUT2D eigenvalue weighted by Gasteiger charge is -2.14. The van der Waals surface area contributed by atoms with Gasteiger partial charge in [-0.15, -0.1) is 0 Å². The third-order valence-corrected chi connectivity index (χ3v) is 6.16. The zero-order valence-electron chi connectivity index (χ0n) is 16.6. The lowest BCUT2D eigenvalue weighted by molar-refractivity contribution is 0.686. The van der Waals surface area contributed by atoms with E-state index in [2.05, 4.69) is 94.0 Å². The first-order chi connectivity index (χ1) is 14.5. The fourth-order valence-corrected chi connectivity index (χ4v) is 4.63. The van der Waals surface area contributed by atoms with Crippen molar-refractivity contribution in [2.24, 2.45) is 0 Å². The van der Waals surface area contributed by atoms with Gasteiger partial charge in [0.05, 0.1) is 23.1 Å². The zero-order chi connectivity index (χ0) is 20.8. The summed E-state index contributed by atoms with van der Waals surface area (Å²) in [5.41, 5.74) is 13.4. The van der Waals surface area contributed by atoms with Gasteiger partial charge in [-0.3, -0.25) is 4.98 Å². The molecule has 0 atom stereocenters. The van der Waals surface area contributed by atoms with Crippen molar-refractivity contribution in [3.8, 4) is 11.1 Å². The first-order valence-electron chi connectivity index (χ1n) is 9.60. The number of nitrogens with zero attached hydrogens (tertiary/aromatic N) is 5. The molecule has 0 fully saturated rings. The molecule has 5 aromatic rings. The molecule has 3 heterocycles. The summed E-state index contributed by atoms with van der Waals surface area (Å²) in [6.45, 7) is 4.74. The van der Waals surface area contributed by atoms with E-state index in [0.29, 0.717) is 18.0 Å². The van der Waals surface area contributed by atoms with Crippen LogP contribution in [0.4, 0.5) is 5.82 Å². The molecule has 0 saturated heterocycles. The molecule has 0 radical (unpaired) electrons. The average Bonchev–Trinajstić information content (AvgIpc) is 3.05. The van der Waals surface area contributed by atoms with E-state index < -0.39 is 0 Å². The number of pyridine rings is 1. The number of halogens is 1. The summed E-state index contributed by atoms with van der Waals surface area (Å²) >= 11 is 2.18. The minimum atomic E-state index is 0.442. The number of aromatic nitrogens is 5. The lowest BCUT2D eigenvalue weighted by atomic mass is 9.96. The van der Waals surface area contributed by atoms with E-state index >= 15 is 0 Å². The summed E-state index contributed by atoms with van der Waals surface area (Å²) in [5, 5.41) is 6.62. The monoisotopic (exact) mass is 506 g/mol. The van der Waals surface area contributed by atoms with Crippen molar-refractivity contribution in [1.82, 2.24) is 24.7 Å². The zero-order valence-corrected chi connectivity index (χ0v) is 18.8. The van der Waals surface area contributed by atoms with E-state index in [4.69, 9.17) is 10.7 Å². The van der Waals surface area contributed by atoms with Gasteiger partial charge in [0.1, 0.15) is 15.8 Å². The summed E-state index contributed by atoms with van der Waals surface area (Å²) in [6.07, 6.45) is 1.48. The van der Waals surface area contributed by atoms with Crippen LogP contribution in [0.25, 0.3) is 33.1 Å². The molecule has 0 aliphatic carbocycles. The molecule has 5 rings (SSSR count). The van der Waals surface area contributed by atoms with Crippen molar-refractivity contribution < 1.29 is 0 Å². The van der Waals surface area contributed by atoms with Crippen LogP contribution >= 0.6 is 22.6 Å². The Hall–Kier alpha value is -3.07. The van der Waals surface area contributed by atoms with Crippen molar-refractivity contribution in [2.75, 3.05) is 5.73 Å². The molecule has 2 aromatic carbocycles. The fraction of sp³-hybridized carbons (Fsp3) is 0.130. The molecule has 7 heteroatoms. The highest BCUT2D eigenvalue weighted by atomic mass is 127. The molecule has 148 valence electrons. The van der Waals surface area contributed by atoms with Gasteiger partial charge in [0, 0.05) is 10.9 Å². The number of nitrogen functional groups attached to an aromatic ring is 1. The highest BCUT2D eigenvalue weighted by Gasteiger charge is 2.17. The highest BCUT2D eigenvalue weighted by molar-refractivity contribution is 14.1. The van der Waals surface area contributed by atoms with Gasteiger partial charge in [-0.25, -0.2) is 14.6 Å². The number of hydrogen-bond donors (Lipinski definition) is 1. The Morgan fingerprint density at radius 2 is 1.77 bits per heavy atom. The number of aryl methyl sites for hydroxylation is 2. The standard InChI is InChI=1S/C23H19IN6/c1-13-6-3-4-8-15(13)17-10-16-14(2)7-5-9-18(16)28-19(17)11-30-23-20(21(24)29-30)22(25)26-12-27-23/h3-10,12H,11H2,1-2H3,(H2,25,26,27). The largest absolute Gasteiger partial charge is 0.383 e. The average molecular weight is 506 g/mol. The van der Waals surface area contributed by atoms with Crippen molar-refractivity contribution in [3.63, 3.8) is 0 Å². The molecule has 0 aliphatic rings. The molecule has 0 bridgehead atoms. The quantitative estimate of drug-likeness (QED) is 0.353. The molecule has 0 spiro atoms. The topological polar surface area (TPSA) is 82.5 Å². The second-order valence-electron chi connectivity index (χ2n) is 7.35. The first kappa shape index (κ1) is 18.9. The van der Waals surface area contributed by atoms with E-state index in [1.54, 1.807) is 0 Å². The van der Waals surface area contributed by atoms with Gasteiger partial charge in [-0.1, -0.05) is 36.4 Å². The van der Waals surface area contributed by atoms with Crippen molar-refractivity contribution in [2.45, 2.75) is 20.4 Å². The Kier molecular flexibility index (Phi) is 4.62. The summed E-state index contributed by atoms with van der Waals surface area (Å²) in [4.78, 5) is 13.6. The van der Waals surface area contributed by atoms with Crippen LogP contribution in [0.3, 0.4) is 0 Å². The highest BCUT2D eigenvalue weighted by Crippen LogP contribution is 2.32. The fourth-order valence-electron chi connectivity index (χ4n) is 3.85. The van der Waals surface area contributed by atoms with Crippen LogP contribution in [-0.2, 0) is 6.54 Å². The van der Waals surface area contributed by atoms with Crippen LogP contribution in [0, 0.1) is 17.5 Å². The molecule has 0 saturated carbocycles. The van der Waals surface area contributed by atoms with Gasteiger partial charge >= 0.3 is 0 Å². The molecule has 3 aromatic heterocycles. The molecular weight excluding hydrogens is 487 g/mol. The van der Waals surface area contributed by atoms with Gasteiger partial charge in [0.2, 0.25) is 0 Å². The number of nitrogens with two attached hydrogens (primary N) is 1. The van der Waals surface area contributed by atoms with Gasteiger partial charge in [0.15, 0.2) is 5.65 Å². The molecule has 30 heavy (non-hydrogen) atoms. The maximum atomic E-state index is 6.07. The molecule has 6 nitrogen and oxygen atoms in total. The first-order valence-corrected chi connectivity index (χ1v) is 10.7. The van der Waals surface area contributed by atoms with Crippen molar-refractivity contribution in [1.29, 1.82) is 0 Å². The van der Waals surface area contributed by atoms with Gasteiger partial charge in [-0.2, -0.15) is 5.10 Å². The SMILES string of the molecule is Cc1ccccc1-c1cc2c(C)cccc2nc1Cn1nc(I)c2c(N)ncnc21. The third-order valence-electron chi connectivity index (χ3n) is 5.41. The van der Waals surface area contributed by atoms with E-state index in [0.717, 1.165) is 31.2 Å². The van der Waals surface area contributed by atoms with E-state index in [-0.39, 0.29) is 0 Å². The molecule has 0 amide bonds. The van der Waals surface area contributed by atoms with Crippen LogP contribution in [0.1, 0.15) is 16.8 Å². The predicted molar refractivity (Wildman–Crippen MR) is 128 cm³/mol. The van der Waals surface area contributed by atoms with Crippen molar-refractivity contribution in [3.05, 3.63) is 75.4 Å². The number of benzene rings is 2. The molecule has 2 N–H and O–H groups in total. The lowest BCUT2D eigenvalue weighted by Crippen LogP contribution is -2.07. The van der Waals surface area contributed by atoms with Crippen LogP contribution in [0.5, 0.6) is 0 Å². The summed E-state index contributed by atoms with van der Waals surface area (Å²) in [7, 11) is 0. The normalized spacial score (nSPS) is 11.4. The predicted octanol–water partition coefficient (Wildman–Crippen LogP) is 4.89. The Morgan fingerprint density at radius 1 is 0.967 bits per heavy atom. The van der Waals surface area contributed by atoms with Gasteiger partial charge in [0.25, 0.3) is 0 Å². The van der Waals surface area contributed by atoms with Gasteiger partial charge < -0.3 is 5.73 Å². The van der Waals surface area contributed by atoms with Crippen LogP contribution in [-0.4, -0.2) is 24.7 Å². The smallest absolute Gasteiger partial charge is 0.164 e. The number of fused-ring (bicyclic) bond motifs is 2. The van der Waals surface area contributed by atoms with E-state index in [1.165, 1.54) is 23.0 Å². The maximum absolute atomic E-state index is 6.07.